The zero-order chi connectivity index (χ0) is 16.6. The summed E-state index contributed by atoms with van der Waals surface area (Å²) in [5.41, 5.74) is 0.517. The molecule has 3 nitrogen and oxygen atoms in total. The smallest absolute Gasteiger partial charge is 0.387 e. The fourth-order valence-corrected chi connectivity index (χ4v) is 3.12. The number of halogens is 3. The number of aryl methyl sites for hydroxylation is 1. The Kier molecular flexibility index (Phi) is 4.29. The fraction of sp³-hybridized carbons (Fsp3) is 0.471. The van der Waals surface area contributed by atoms with E-state index in [-0.39, 0.29) is 11.6 Å². The molecule has 6 heteroatoms. The first-order valence-electron chi connectivity index (χ1n) is 7.76. The van der Waals surface area contributed by atoms with Gasteiger partial charge in [0.2, 0.25) is 0 Å². The molecule has 0 bridgehead atoms. The van der Waals surface area contributed by atoms with Crippen LogP contribution in [0.15, 0.2) is 24.3 Å². The van der Waals surface area contributed by atoms with Crippen LogP contribution < -0.4 is 5.32 Å². The molecule has 0 amide bonds. The van der Waals surface area contributed by atoms with E-state index in [0.29, 0.717) is 10.9 Å². The molecule has 1 aliphatic heterocycles. The number of aromatic nitrogens is 1. The zero-order valence-electron chi connectivity index (χ0n) is 12.8. The maximum absolute atomic E-state index is 13.1. The molecule has 124 valence electrons. The number of alkyl halides is 3. The number of rotatable bonds is 2. The average Bonchev–Trinajstić information content (AvgIpc) is 2.53. The number of hydrogen-bond acceptors (Lipinski definition) is 3. The summed E-state index contributed by atoms with van der Waals surface area (Å²) in [6.45, 7) is 2.64. The third-order valence-electron chi connectivity index (χ3n) is 4.33. The third kappa shape index (κ3) is 3.33. The number of pyridine rings is 1. The molecule has 0 aliphatic carbocycles. The van der Waals surface area contributed by atoms with E-state index in [2.05, 4.69) is 10.3 Å². The number of aliphatic hydroxyl groups excluding tert-OH is 1. The number of nitrogens with one attached hydrogen (secondary N) is 1. The lowest BCUT2D eigenvalue weighted by molar-refractivity contribution is -0.141. The van der Waals surface area contributed by atoms with E-state index in [1.165, 1.54) is 0 Å². The van der Waals surface area contributed by atoms with E-state index in [4.69, 9.17) is 0 Å². The largest absolute Gasteiger partial charge is 0.433 e. The van der Waals surface area contributed by atoms with Crippen LogP contribution in [0.2, 0.25) is 0 Å². The summed E-state index contributed by atoms with van der Waals surface area (Å²) >= 11 is 0. The van der Waals surface area contributed by atoms with Crippen LogP contribution in [0.25, 0.3) is 10.9 Å². The number of fused-ring (bicyclic) bond motifs is 1. The third-order valence-corrected chi connectivity index (χ3v) is 4.33. The topological polar surface area (TPSA) is 45.2 Å². The Hall–Kier alpha value is -1.66. The Labute approximate surface area is 132 Å². The van der Waals surface area contributed by atoms with Gasteiger partial charge in [0, 0.05) is 11.4 Å². The van der Waals surface area contributed by atoms with E-state index in [1.807, 2.05) is 6.92 Å². The van der Waals surface area contributed by atoms with Crippen LogP contribution in [0, 0.1) is 6.92 Å². The summed E-state index contributed by atoms with van der Waals surface area (Å²) in [6, 6.07) is 5.84. The molecule has 0 spiro atoms. The van der Waals surface area contributed by atoms with Gasteiger partial charge in [-0.3, -0.25) is 0 Å². The van der Waals surface area contributed by atoms with Crippen molar-refractivity contribution in [3.05, 3.63) is 41.1 Å². The van der Waals surface area contributed by atoms with E-state index in [0.717, 1.165) is 37.4 Å². The lowest BCUT2D eigenvalue weighted by Gasteiger charge is -2.29. The molecule has 1 fully saturated rings. The Balaban J connectivity index is 2.13. The Bertz CT molecular complexity index is 709. The van der Waals surface area contributed by atoms with E-state index < -0.39 is 18.0 Å². The standard InChI is InChI=1S/C17H19F3N2O/c1-10-5-6-13-11(8-10)12(9-15(22-13)17(18,19)20)16(23)14-4-2-3-7-21-14/h5-6,8-9,14,16,21,23H,2-4,7H2,1H3. The van der Waals surface area contributed by atoms with Gasteiger partial charge in [-0.15, -0.1) is 0 Å². The van der Waals surface area contributed by atoms with Crippen molar-refractivity contribution in [2.75, 3.05) is 6.54 Å². The first kappa shape index (κ1) is 16.2. The van der Waals surface area contributed by atoms with Crippen molar-refractivity contribution in [1.82, 2.24) is 10.3 Å². The second kappa shape index (κ2) is 6.09. The van der Waals surface area contributed by atoms with Gasteiger partial charge in [0.1, 0.15) is 5.69 Å². The van der Waals surface area contributed by atoms with Crippen molar-refractivity contribution in [2.45, 2.75) is 44.5 Å². The normalized spacial score (nSPS) is 20.7. The molecule has 0 saturated carbocycles. The highest BCUT2D eigenvalue weighted by Crippen LogP contribution is 2.35. The molecular weight excluding hydrogens is 305 g/mol. The van der Waals surface area contributed by atoms with Crippen LogP contribution in [0.3, 0.4) is 0 Å². The van der Waals surface area contributed by atoms with Gasteiger partial charge in [-0.05, 0) is 50.1 Å². The van der Waals surface area contributed by atoms with Gasteiger partial charge >= 0.3 is 6.18 Å². The summed E-state index contributed by atoms with van der Waals surface area (Å²) in [7, 11) is 0. The van der Waals surface area contributed by atoms with Crippen LogP contribution in [0.1, 0.15) is 42.2 Å². The minimum Gasteiger partial charge on any atom is -0.387 e. The summed E-state index contributed by atoms with van der Waals surface area (Å²) in [4.78, 5) is 3.72. The van der Waals surface area contributed by atoms with Gasteiger partial charge in [0.15, 0.2) is 0 Å². The monoisotopic (exact) mass is 324 g/mol. The van der Waals surface area contributed by atoms with Gasteiger partial charge in [-0.1, -0.05) is 18.1 Å². The summed E-state index contributed by atoms with van der Waals surface area (Å²) in [6.07, 6.45) is -2.79. The van der Waals surface area contributed by atoms with Crippen molar-refractivity contribution in [1.29, 1.82) is 0 Å². The lowest BCUT2D eigenvalue weighted by atomic mass is 9.92. The molecule has 1 saturated heterocycles. The minimum absolute atomic E-state index is 0.226. The van der Waals surface area contributed by atoms with Crippen molar-refractivity contribution in [2.24, 2.45) is 0 Å². The second-order valence-corrected chi connectivity index (χ2v) is 6.12. The van der Waals surface area contributed by atoms with Gasteiger partial charge in [-0.25, -0.2) is 4.98 Å². The van der Waals surface area contributed by atoms with Crippen LogP contribution in [-0.4, -0.2) is 22.7 Å². The SMILES string of the molecule is Cc1ccc2nc(C(F)(F)F)cc(C(O)C3CCCCN3)c2c1. The maximum Gasteiger partial charge on any atom is 0.433 e. The average molecular weight is 324 g/mol. The number of hydrogen-bond donors (Lipinski definition) is 2. The molecule has 2 heterocycles. The number of nitrogens with zero attached hydrogens (tertiary/aromatic N) is 1. The van der Waals surface area contributed by atoms with Gasteiger partial charge < -0.3 is 10.4 Å². The van der Waals surface area contributed by atoms with Crippen LogP contribution in [-0.2, 0) is 6.18 Å². The van der Waals surface area contributed by atoms with E-state index in [9.17, 15) is 18.3 Å². The predicted octanol–water partition coefficient (Wildman–Crippen LogP) is 3.74. The van der Waals surface area contributed by atoms with Gasteiger partial charge in [-0.2, -0.15) is 13.2 Å². The highest BCUT2D eigenvalue weighted by atomic mass is 19.4. The fourth-order valence-electron chi connectivity index (χ4n) is 3.12. The lowest BCUT2D eigenvalue weighted by Crippen LogP contribution is -2.39. The second-order valence-electron chi connectivity index (χ2n) is 6.12. The van der Waals surface area contributed by atoms with Crippen molar-refractivity contribution in [3.8, 4) is 0 Å². The summed E-state index contributed by atoms with van der Waals surface area (Å²) in [5.74, 6) is 0. The van der Waals surface area contributed by atoms with Crippen molar-refractivity contribution >= 4 is 10.9 Å². The molecule has 1 aromatic carbocycles. The molecule has 2 unspecified atom stereocenters. The molecule has 2 aromatic rings. The Morgan fingerprint density at radius 3 is 2.70 bits per heavy atom. The highest BCUT2D eigenvalue weighted by Gasteiger charge is 2.35. The Morgan fingerprint density at radius 2 is 2.04 bits per heavy atom. The number of aliphatic hydroxyl groups is 1. The predicted molar refractivity (Wildman–Crippen MR) is 82.1 cm³/mol. The van der Waals surface area contributed by atoms with E-state index in [1.54, 1.807) is 18.2 Å². The molecular formula is C17H19F3N2O. The molecule has 2 atom stereocenters. The van der Waals surface area contributed by atoms with Crippen molar-refractivity contribution < 1.29 is 18.3 Å². The molecule has 1 aromatic heterocycles. The first-order valence-corrected chi connectivity index (χ1v) is 7.76. The molecule has 2 N–H and O–H groups in total. The van der Waals surface area contributed by atoms with Crippen LogP contribution in [0.5, 0.6) is 0 Å². The molecule has 23 heavy (non-hydrogen) atoms. The molecule has 3 rings (SSSR count). The number of piperidine rings is 1. The van der Waals surface area contributed by atoms with Crippen molar-refractivity contribution in [3.63, 3.8) is 0 Å². The molecule has 0 radical (unpaired) electrons. The zero-order valence-corrected chi connectivity index (χ0v) is 12.8. The summed E-state index contributed by atoms with van der Waals surface area (Å²) in [5, 5.41) is 14.5. The van der Waals surface area contributed by atoms with Gasteiger partial charge in [0.05, 0.1) is 11.6 Å². The highest BCUT2D eigenvalue weighted by molar-refractivity contribution is 5.83. The van der Waals surface area contributed by atoms with Crippen LogP contribution >= 0.6 is 0 Å². The Morgan fingerprint density at radius 1 is 1.26 bits per heavy atom. The van der Waals surface area contributed by atoms with E-state index >= 15 is 0 Å². The van der Waals surface area contributed by atoms with Gasteiger partial charge in [0.25, 0.3) is 0 Å². The minimum atomic E-state index is -4.53. The maximum atomic E-state index is 13.1. The number of benzene rings is 1. The first-order chi connectivity index (χ1) is 10.9. The molecule has 1 aliphatic rings. The quantitative estimate of drug-likeness (QED) is 0.884. The van der Waals surface area contributed by atoms with Crippen LogP contribution in [0.4, 0.5) is 13.2 Å². The summed E-state index contributed by atoms with van der Waals surface area (Å²) < 4.78 is 39.4.